The molecule has 4 rings (SSSR count). The molecule has 8 nitrogen and oxygen atoms in total. The van der Waals surface area contributed by atoms with Crippen LogP contribution < -0.4 is 20.2 Å². The number of hydrogen-bond acceptors (Lipinski definition) is 6. The topological polar surface area (TPSA) is 88.1 Å². The highest BCUT2D eigenvalue weighted by Gasteiger charge is 2.49. The number of benzene rings is 1. The Bertz CT molecular complexity index is 965. The summed E-state index contributed by atoms with van der Waals surface area (Å²) in [4.78, 5) is 18.5. The molecule has 2 aromatic rings. The second-order valence-electron chi connectivity index (χ2n) is 8.16. The second-order valence-corrected chi connectivity index (χ2v) is 8.16. The molecule has 2 unspecified atom stereocenters. The maximum Gasteiger partial charge on any atom is 0.339 e. The van der Waals surface area contributed by atoms with Gasteiger partial charge in [0.15, 0.2) is 11.5 Å². The van der Waals surface area contributed by atoms with Crippen LogP contribution in [0.2, 0.25) is 0 Å². The first kappa shape index (κ1) is 21.1. The van der Waals surface area contributed by atoms with Crippen molar-refractivity contribution >= 4 is 17.4 Å². The summed E-state index contributed by atoms with van der Waals surface area (Å²) in [5.74, 6) is 1.50. The Morgan fingerprint density at radius 2 is 1.94 bits per heavy atom. The van der Waals surface area contributed by atoms with E-state index in [0.29, 0.717) is 11.7 Å². The van der Waals surface area contributed by atoms with Gasteiger partial charge < -0.3 is 19.7 Å². The van der Waals surface area contributed by atoms with Gasteiger partial charge in [0.25, 0.3) is 0 Å². The fourth-order valence-electron chi connectivity index (χ4n) is 4.91. The van der Waals surface area contributed by atoms with E-state index >= 15 is 0 Å². The van der Waals surface area contributed by atoms with Gasteiger partial charge in [-0.3, -0.25) is 4.98 Å². The van der Waals surface area contributed by atoms with Crippen LogP contribution in [0.1, 0.15) is 31.2 Å². The normalized spacial score (nSPS) is 24.5. The summed E-state index contributed by atoms with van der Waals surface area (Å²) in [6, 6.07) is 9.71. The third kappa shape index (κ3) is 4.20. The number of ether oxygens (including phenoxy) is 2. The summed E-state index contributed by atoms with van der Waals surface area (Å²) in [7, 11) is 5.49. The molecule has 1 aliphatic heterocycles. The zero-order valence-corrected chi connectivity index (χ0v) is 18.2. The summed E-state index contributed by atoms with van der Waals surface area (Å²) < 4.78 is 11.0. The molecule has 8 heteroatoms. The van der Waals surface area contributed by atoms with Crippen LogP contribution in [0, 0.1) is 0 Å². The van der Waals surface area contributed by atoms with Crippen molar-refractivity contribution in [3.8, 4) is 11.5 Å². The highest BCUT2D eigenvalue weighted by atomic mass is 16.5. The Hall–Kier alpha value is -3.13. The lowest BCUT2D eigenvalue weighted by molar-refractivity contribution is 0.225. The molecular formula is C23H29N5O3. The van der Waals surface area contributed by atoms with Crippen LogP contribution >= 0.6 is 0 Å². The van der Waals surface area contributed by atoms with Crippen molar-refractivity contribution < 1.29 is 14.3 Å². The molecule has 2 amide bonds. The Morgan fingerprint density at radius 1 is 1.16 bits per heavy atom. The third-order valence-corrected chi connectivity index (χ3v) is 6.58. The average Bonchev–Trinajstić information content (AvgIpc) is 3.15. The largest absolute Gasteiger partial charge is 0.493 e. The van der Waals surface area contributed by atoms with Crippen LogP contribution in [-0.4, -0.2) is 55.5 Å². The van der Waals surface area contributed by atoms with Gasteiger partial charge in [-0.25, -0.2) is 10.2 Å². The fourth-order valence-corrected chi connectivity index (χ4v) is 4.91. The Kier molecular flexibility index (Phi) is 6.08. The van der Waals surface area contributed by atoms with Gasteiger partial charge in [-0.2, -0.15) is 5.10 Å². The first-order valence-corrected chi connectivity index (χ1v) is 10.5. The maximum atomic E-state index is 12.2. The van der Waals surface area contributed by atoms with Crippen LogP contribution in [0.5, 0.6) is 11.5 Å². The second kappa shape index (κ2) is 8.93. The van der Waals surface area contributed by atoms with Crippen LogP contribution in [0.25, 0.3) is 0 Å². The number of amides is 2. The van der Waals surface area contributed by atoms with Gasteiger partial charge in [-0.15, -0.1) is 0 Å². The minimum atomic E-state index is -0.352. The molecule has 0 spiro atoms. The molecule has 2 atom stereocenters. The molecule has 1 saturated heterocycles. The number of anilines is 1. The number of methoxy groups -OCH3 is 2. The van der Waals surface area contributed by atoms with E-state index in [1.807, 2.05) is 6.07 Å². The number of hydrogen-bond donors (Lipinski definition) is 2. The van der Waals surface area contributed by atoms with E-state index < -0.39 is 0 Å². The van der Waals surface area contributed by atoms with Crippen LogP contribution in [-0.2, 0) is 5.41 Å². The molecule has 2 heterocycles. The summed E-state index contributed by atoms with van der Waals surface area (Å²) in [6.45, 7) is 1.03. The van der Waals surface area contributed by atoms with Gasteiger partial charge in [-0.1, -0.05) is 6.07 Å². The molecule has 2 aliphatic rings. The van der Waals surface area contributed by atoms with Gasteiger partial charge in [0.1, 0.15) is 0 Å². The van der Waals surface area contributed by atoms with Crippen molar-refractivity contribution in [2.45, 2.75) is 37.1 Å². The van der Waals surface area contributed by atoms with Gasteiger partial charge in [0, 0.05) is 41.7 Å². The number of carbonyl (C=O) groups is 1. The minimum Gasteiger partial charge on any atom is -0.493 e. The van der Waals surface area contributed by atoms with E-state index in [9.17, 15) is 4.79 Å². The maximum absolute atomic E-state index is 12.2. The van der Waals surface area contributed by atoms with Gasteiger partial charge in [0.05, 0.1) is 14.2 Å². The number of fused-ring (bicyclic) bond motifs is 1. The van der Waals surface area contributed by atoms with E-state index in [0.717, 1.165) is 49.4 Å². The number of hydrazone groups is 1. The molecule has 1 aliphatic carbocycles. The van der Waals surface area contributed by atoms with Crippen molar-refractivity contribution in [3.05, 3.63) is 48.3 Å². The molecule has 0 radical (unpaired) electrons. The molecule has 31 heavy (non-hydrogen) atoms. The molecule has 1 aromatic carbocycles. The standard InChI is InChI=1S/C23H29N5O3/c1-28-13-10-23(16-4-5-19(30-2)20(14-16)31-3)9-6-18(15-21(23)28)26-27-22(29)25-17-7-11-24-12-8-17/h4-5,7-8,11-12,14,21H,6,9-10,13,15H2,1-3H3,(H2,24,25,27,29)/b26-18-. The Morgan fingerprint density at radius 3 is 2.68 bits per heavy atom. The highest BCUT2D eigenvalue weighted by molar-refractivity contribution is 5.92. The molecule has 164 valence electrons. The van der Waals surface area contributed by atoms with Crippen molar-refractivity contribution in [2.24, 2.45) is 5.10 Å². The Balaban J connectivity index is 1.49. The number of urea groups is 1. The predicted octanol–water partition coefficient (Wildman–Crippen LogP) is 3.40. The molecule has 1 aromatic heterocycles. The summed E-state index contributed by atoms with van der Waals surface area (Å²) in [6.07, 6.45) is 6.99. The van der Waals surface area contributed by atoms with Gasteiger partial charge in [-0.05, 0) is 62.7 Å². The first-order valence-electron chi connectivity index (χ1n) is 10.5. The molecular weight excluding hydrogens is 394 g/mol. The first-order chi connectivity index (χ1) is 15.1. The number of nitrogens with zero attached hydrogens (tertiary/aromatic N) is 3. The number of nitrogens with one attached hydrogen (secondary N) is 2. The van der Waals surface area contributed by atoms with Crippen molar-refractivity contribution in [2.75, 3.05) is 33.1 Å². The average molecular weight is 424 g/mol. The van der Waals surface area contributed by atoms with E-state index in [-0.39, 0.29) is 11.4 Å². The molecule has 2 fully saturated rings. The minimum absolute atomic E-state index is 0.0482. The number of aromatic nitrogens is 1. The lowest BCUT2D eigenvalue weighted by atomic mass is 9.65. The van der Waals surface area contributed by atoms with Gasteiger partial charge >= 0.3 is 6.03 Å². The summed E-state index contributed by atoms with van der Waals surface area (Å²) in [5, 5.41) is 7.19. The van der Waals surface area contributed by atoms with Crippen LogP contribution in [0.15, 0.2) is 47.8 Å². The number of likely N-dealkylation sites (tertiary alicyclic amines) is 1. The van der Waals surface area contributed by atoms with Crippen molar-refractivity contribution in [1.82, 2.24) is 15.3 Å². The van der Waals surface area contributed by atoms with E-state index in [4.69, 9.17) is 9.47 Å². The number of rotatable bonds is 5. The molecule has 2 N–H and O–H groups in total. The van der Waals surface area contributed by atoms with Gasteiger partial charge in [0.2, 0.25) is 0 Å². The molecule has 1 saturated carbocycles. The van der Waals surface area contributed by atoms with Crippen LogP contribution in [0.3, 0.4) is 0 Å². The number of pyridine rings is 1. The predicted molar refractivity (Wildman–Crippen MR) is 120 cm³/mol. The zero-order valence-electron chi connectivity index (χ0n) is 18.2. The molecule has 0 bridgehead atoms. The SMILES string of the molecule is COc1ccc(C23CC/C(=N/NC(=O)Nc4ccncc4)CC2N(C)CC3)cc1OC. The lowest BCUT2D eigenvalue weighted by Gasteiger charge is -2.42. The Labute approximate surface area is 182 Å². The van der Waals surface area contributed by atoms with Crippen molar-refractivity contribution in [1.29, 1.82) is 0 Å². The van der Waals surface area contributed by atoms with Crippen LogP contribution in [0.4, 0.5) is 10.5 Å². The monoisotopic (exact) mass is 423 g/mol. The van der Waals surface area contributed by atoms with E-state index in [2.05, 4.69) is 44.9 Å². The third-order valence-electron chi connectivity index (χ3n) is 6.58. The number of likely N-dealkylation sites (N-methyl/N-ethyl adjacent to an activating group) is 1. The van der Waals surface area contributed by atoms with E-state index in [1.165, 1.54) is 5.56 Å². The highest BCUT2D eigenvalue weighted by Crippen LogP contribution is 2.49. The zero-order chi connectivity index (χ0) is 21.8. The number of carbonyl (C=O) groups excluding carboxylic acids is 1. The van der Waals surface area contributed by atoms with Crippen molar-refractivity contribution in [3.63, 3.8) is 0 Å². The quantitative estimate of drug-likeness (QED) is 0.720. The summed E-state index contributed by atoms with van der Waals surface area (Å²) in [5.41, 5.74) is 5.67. The smallest absolute Gasteiger partial charge is 0.339 e. The lowest BCUT2D eigenvalue weighted by Crippen LogP contribution is -2.46. The van der Waals surface area contributed by atoms with E-state index in [1.54, 1.807) is 38.7 Å². The fraction of sp³-hybridized carbons (Fsp3) is 0.435. The summed E-state index contributed by atoms with van der Waals surface area (Å²) >= 11 is 0.